The molecule has 0 saturated carbocycles. The lowest BCUT2D eigenvalue weighted by atomic mass is 10.1. The van der Waals surface area contributed by atoms with E-state index in [1.165, 1.54) is 0 Å². The number of ether oxygens (including phenoxy) is 2. The molecule has 0 spiro atoms. The third-order valence-electron chi connectivity index (χ3n) is 4.88. The van der Waals surface area contributed by atoms with E-state index in [0.29, 0.717) is 50.3 Å². The first-order valence-electron chi connectivity index (χ1n) is 10.6. The van der Waals surface area contributed by atoms with E-state index in [4.69, 9.17) is 26.1 Å². The van der Waals surface area contributed by atoms with Gasteiger partial charge >= 0.3 is 0 Å². The second-order valence-corrected chi connectivity index (χ2v) is 8.26. The smallest absolute Gasteiger partial charge is 0.236 e. The van der Waals surface area contributed by atoms with Gasteiger partial charge in [0.05, 0.1) is 31.5 Å². The lowest BCUT2D eigenvalue weighted by Crippen LogP contribution is -2.44. The zero-order valence-electron chi connectivity index (χ0n) is 18.4. The topological polar surface area (TPSA) is 54.4 Å². The second kappa shape index (κ2) is 11.3. The predicted octanol–water partition coefficient (Wildman–Crippen LogP) is 4.13. The Hall–Kier alpha value is -2.41. The van der Waals surface area contributed by atoms with E-state index in [0.717, 1.165) is 16.8 Å². The van der Waals surface area contributed by atoms with Crippen LogP contribution < -0.4 is 0 Å². The normalized spacial score (nSPS) is 14.9. The van der Waals surface area contributed by atoms with Crippen LogP contribution in [0.4, 0.5) is 5.69 Å². The Morgan fingerprint density at radius 1 is 1.16 bits per heavy atom. The largest absolute Gasteiger partial charge is 0.475 e. The van der Waals surface area contributed by atoms with Crippen molar-refractivity contribution in [2.24, 2.45) is 4.99 Å². The van der Waals surface area contributed by atoms with Crippen LogP contribution in [0.3, 0.4) is 0 Å². The number of benzene rings is 2. The van der Waals surface area contributed by atoms with Crippen molar-refractivity contribution in [3.8, 4) is 0 Å². The van der Waals surface area contributed by atoms with Gasteiger partial charge in [0.25, 0.3) is 0 Å². The fourth-order valence-corrected chi connectivity index (χ4v) is 3.58. The second-order valence-electron chi connectivity index (χ2n) is 7.85. The number of hydrogen-bond acceptors (Lipinski definition) is 5. The van der Waals surface area contributed by atoms with Crippen molar-refractivity contribution in [1.29, 1.82) is 0 Å². The Morgan fingerprint density at radius 2 is 1.87 bits per heavy atom. The Balaban J connectivity index is 1.81. The molecular weight excluding hydrogens is 414 g/mol. The molecule has 0 unspecified atom stereocenters. The Kier molecular flexibility index (Phi) is 8.46. The monoisotopic (exact) mass is 443 g/mol. The van der Waals surface area contributed by atoms with Gasteiger partial charge in [-0.05, 0) is 45.2 Å². The summed E-state index contributed by atoms with van der Waals surface area (Å²) in [6, 6.07) is 15.5. The lowest BCUT2D eigenvalue weighted by molar-refractivity contribution is -0.136. The van der Waals surface area contributed by atoms with Crippen molar-refractivity contribution >= 4 is 29.1 Å². The molecule has 0 radical (unpaired) electrons. The molecule has 7 heteroatoms. The molecule has 1 fully saturated rings. The molecule has 0 aliphatic carbocycles. The van der Waals surface area contributed by atoms with Gasteiger partial charge in [0.2, 0.25) is 11.8 Å². The number of amides is 1. The summed E-state index contributed by atoms with van der Waals surface area (Å²) in [5.41, 5.74) is 2.50. The van der Waals surface area contributed by atoms with Crippen LogP contribution in [-0.2, 0) is 20.8 Å². The number of morpholine rings is 1. The van der Waals surface area contributed by atoms with Crippen LogP contribution in [0.1, 0.15) is 25.0 Å². The van der Waals surface area contributed by atoms with E-state index in [1.807, 2.05) is 79.2 Å². The van der Waals surface area contributed by atoms with Gasteiger partial charge in [-0.2, -0.15) is 0 Å². The van der Waals surface area contributed by atoms with E-state index in [-0.39, 0.29) is 12.0 Å². The molecule has 1 heterocycles. The van der Waals surface area contributed by atoms with Crippen molar-refractivity contribution in [2.75, 3.05) is 39.9 Å². The van der Waals surface area contributed by atoms with Crippen LogP contribution in [-0.4, -0.2) is 67.6 Å². The molecule has 3 rings (SSSR count). The van der Waals surface area contributed by atoms with Gasteiger partial charge in [0.1, 0.15) is 0 Å². The van der Waals surface area contributed by atoms with Crippen LogP contribution in [0.5, 0.6) is 0 Å². The fraction of sp³-hybridized carbons (Fsp3) is 0.417. The summed E-state index contributed by atoms with van der Waals surface area (Å²) in [5, 5.41) is 0.615. The van der Waals surface area contributed by atoms with E-state index in [2.05, 4.69) is 0 Å². The van der Waals surface area contributed by atoms with Gasteiger partial charge in [-0.1, -0.05) is 35.9 Å². The van der Waals surface area contributed by atoms with Crippen LogP contribution in [0.2, 0.25) is 5.02 Å². The Labute approximate surface area is 189 Å². The molecule has 0 atom stereocenters. The van der Waals surface area contributed by atoms with Gasteiger partial charge in [0.15, 0.2) is 0 Å². The highest BCUT2D eigenvalue weighted by Gasteiger charge is 2.19. The molecule has 1 saturated heterocycles. The molecule has 0 bridgehead atoms. The van der Waals surface area contributed by atoms with E-state index in [1.54, 1.807) is 0 Å². The maximum Gasteiger partial charge on any atom is 0.236 e. The van der Waals surface area contributed by atoms with Crippen molar-refractivity contribution in [2.45, 2.75) is 26.5 Å². The first-order valence-corrected chi connectivity index (χ1v) is 10.9. The average Bonchev–Trinajstić information content (AvgIpc) is 2.76. The van der Waals surface area contributed by atoms with Gasteiger partial charge in [0, 0.05) is 35.8 Å². The highest BCUT2D eigenvalue weighted by atomic mass is 35.5. The third-order valence-corrected chi connectivity index (χ3v) is 5.24. The van der Waals surface area contributed by atoms with Crippen molar-refractivity contribution in [3.63, 3.8) is 0 Å². The zero-order chi connectivity index (χ0) is 22.2. The maximum absolute atomic E-state index is 12.6. The van der Waals surface area contributed by atoms with Gasteiger partial charge < -0.3 is 14.4 Å². The zero-order valence-corrected chi connectivity index (χ0v) is 19.1. The Morgan fingerprint density at radius 3 is 2.55 bits per heavy atom. The summed E-state index contributed by atoms with van der Waals surface area (Å²) in [5.74, 6) is 0.641. The molecule has 0 aromatic heterocycles. The third kappa shape index (κ3) is 6.79. The molecule has 31 heavy (non-hydrogen) atoms. The number of hydrogen-bond donors (Lipinski definition) is 0. The van der Waals surface area contributed by atoms with Gasteiger partial charge in [-0.25, -0.2) is 4.99 Å². The standard InChI is InChI=1S/C24H30ClN3O3/c1-18(2)31-24(19-8-5-4-6-9-19)26-22-11-7-10-21(25)20(22)16-27(3)17-23(29)28-12-14-30-15-13-28/h4-11,18H,12-17H2,1-3H3. The average molecular weight is 444 g/mol. The first kappa shape index (κ1) is 23.3. The summed E-state index contributed by atoms with van der Waals surface area (Å²) < 4.78 is 11.3. The molecule has 166 valence electrons. The first-order chi connectivity index (χ1) is 14.9. The summed E-state index contributed by atoms with van der Waals surface area (Å²) in [6.45, 7) is 7.22. The van der Waals surface area contributed by atoms with E-state index in [9.17, 15) is 4.79 Å². The lowest BCUT2D eigenvalue weighted by Gasteiger charge is -2.29. The summed E-state index contributed by atoms with van der Waals surface area (Å²) in [4.78, 5) is 21.2. The highest BCUT2D eigenvalue weighted by molar-refractivity contribution is 6.31. The maximum atomic E-state index is 12.6. The van der Waals surface area contributed by atoms with Crippen LogP contribution in [0.25, 0.3) is 0 Å². The molecule has 1 aliphatic heterocycles. The summed E-state index contributed by atoms with van der Waals surface area (Å²) in [6.07, 6.45) is -0.0181. The molecule has 2 aromatic rings. The fourth-order valence-electron chi connectivity index (χ4n) is 3.35. The van der Waals surface area contributed by atoms with Gasteiger partial charge in [-0.3, -0.25) is 9.69 Å². The number of likely N-dealkylation sites (N-methyl/N-ethyl adjacent to an activating group) is 1. The number of nitrogens with zero attached hydrogens (tertiary/aromatic N) is 3. The minimum atomic E-state index is -0.0181. The summed E-state index contributed by atoms with van der Waals surface area (Å²) in [7, 11) is 1.91. The molecule has 6 nitrogen and oxygen atoms in total. The number of carbonyl (C=O) groups excluding carboxylic acids is 1. The number of rotatable bonds is 7. The molecule has 0 N–H and O–H groups in total. The summed E-state index contributed by atoms with van der Waals surface area (Å²) >= 11 is 6.55. The quantitative estimate of drug-likeness (QED) is 0.477. The minimum absolute atomic E-state index is 0.0181. The van der Waals surface area contributed by atoms with Crippen molar-refractivity contribution < 1.29 is 14.3 Å². The van der Waals surface area contributed by atoms with Crippen molar-refractivity contribution in [1.82, 2.24) is 9.80 Å². The number of carbonyl (C=O) groups is 1. The highest BCUT2D eigenvalue weighted by Crippen LogP contribution is 2.29. The van der Waals surface area contributed by atoms with Crippen LogP contribution >= 0.6 is 11.6 Å². The van der Waals surface area contributed by atoms with Crippen molar-refractivity contribution in [3.05, 3.63) is 64.7 Å². The minimum Gasteiger partial charge on any atom is -0.475 e. The Bertz CT molecular complexity index is 896. The van der Waals surface area contributed by atoms with Crippen LogP contribution in [0.15, 0.2) is 53.5 Å². The van der Waals surface area contributed by atoms with E-state index < -0.39 is 0 Å². The van der Waals surface area contributed by atoms with E-state index >= 15 is 0 Å². The molecule has 2 aromatic carbocycles. The molecule has 1 aliphatic rings. The number of aliphatic imine (C=N–C) groups is 1. The van der Waals surface area contributed by atoms with Crippen LogP contribution in [0, 0.1) is 0 Å². The molecular formula is C24H30ClN3O3. The van der Waals surface area contributed by atoms with Gasteiger partial charge in [-0.15, -0.1) is 0 Å². The number of halogens is 1. The predicted molar refractivity (Wildman–Crippen MR) is 124 cm³/mol. The molecule has 1 amide bonds. The SMILES string of the molecule is CC(C)OC(=Nc1cccc(Cl)c1CN(C)CC(=O)N1CCOCC1)c1ccccc1.